The van der Waals surface area contributed by atoms with Gasteiger partial charge in [-0.2, -0.15) is 0 Å². The molecule has 0 N–H and O–H groups in total. The van der Waals surface area contributed by atoms with E-state index in [2.05, 4.69) is 0 Å². The zero-order valence-corrected chi connectivity index (χ0v) is 16.2. The molecule has 1 heterocycles. The molecule has 140 valence electrons. The number of fused-ring (bicyclic) bond motifs is 2. The predicted molar refractivity (Wildman–Crippen MR) is 113 cm³/mol. The summed E-state index contributed by atoms with van der Waals surface area (Å²) in [6.07, 6.45) is 1.82. The van der Waals surface area contributed by atoms with Gasteiger partial charge in [0.1, 0.15) is 11.5 Å². The van der Waals surface area contributed by atoms with Crippen LogP contribution in [0.4, 0.5) is 0 Å². The van der Waals surface area contributed by atoms with Crippen molar-refractivity contribution in [3.8, 4) is 5.75 Å². The average molecular weight is 378 g/mol. The number of rotatable bonds is 1. The summed E-state index contributed by atoms with van der Waals surface area (Å²) in [6, 6.07) is 20.8. The highest BCUT2D eigenvalue weighted by atomic mass is 16.5. The van der Waals surface area contributed by atoms with E-state index >= 15 is 0 Å². The molecule has 0 saturated heterocycles. The lowest BCUT2D eigenvalue weighted by atomic mass is 9.91. The zero-order chi connectivity index (χ0) is 20.1. The van der Waals surface area contributed by atoms with Gasteiger partial charge in [0.2, 0.25) is 0 Å². The second kappa shape index (κ2) is 6.42. The molecule has 0 aromatic heterocycles. The maximum atomic E-state index is 13.1. The van der Waals surface area contributed by atoms with Crippen molar-refractivity contribution in [3.05, 3.63) is 112 Å². The van der Waals surface area contributed by atoms with Gasteiger partial charge in [-0.1, -0.05) is 65.7 Å². The first-order valence-corrected chi connectivity index (χ1v) is 9.53. The van der Waals surface area contributed by atoms with Gasteiger partial charge in [-0.05, 0) is 32.1 Å². The summed E-state index contributed by atoms with van der Waals surface area (Å²) in [7, 11) is 0. The van der Waals surface area contributed by atoms with Crippen molar-refractivity contribution in [2.75, 3.05) is 0 Å². The fourth-order valence-electron chi connectivity index (χ4n) is 3.86. The van der Waals surface area contributed by atoms with E-state index in [0.29, 0.717) is 28.2 Å². The molecule has 29 heavy (non-hydrogen) atoms. The largest absolute Gasteiger partial charge is 0.456 e. The first-order valence-electron chi connectivity index (χ1n) is 9.53. The molecule has 1 aliphatic carbocycles. The van der Waals surface area contributed by atoms with Gasteiger partial charge in [0, 0.05) is 27.8 Å². The molecule has 3 aromatic carbocycles. The average Bonchev–Trinajstić information content (AvgIpc) is 2.98. The lowest BCUT2D eigenvalue weighted by molar-refractivity contribution is 0.0990. The molecule has 0 amide bonds. The Morgan fingerprint density at radius 2 is 1.31 bits per heavy atom. The molecule has 0 radical (unpaired) electrons. The summed E-state index contributed by atoms with van der Waals surface area (Å²) in [5.74, 6) is 0.817. The van der Waals surface area contributed by atoms with E-state index in [1.54, 1.807) is 24.3 Å². The standard InChI is InChI=1S/C26H18O3/c1-15-7-10-17(11-8-15)23-14-21(20-13-16(2)9-12-22(20)29-23)24-25(27)18-5-3-4-6-19(18)26(24)28/h3-14H,1-2H3. The Balaban J connectivity index is 1.77. The molecule has 5 rings (SSSR count). The number of carbonyl (C=O) groups excluding carboxylic acids is 2. The Morgan fingerprint density at radius 3 is 1.97 bits per heavy atom. The maximum Gasteiger partial charge on any atom is 0.198 e. The fraction of sp³-hybridized carbons (Fsp3) is 0.0769. The van der Waals surface area contributed by atoms with Crippen LogP contribution >= 0.6 is 0 Å². The molecular formula is C26H18O3. The van der Waals surface area contributed by atoms with Gasteiger partial charge < -0.3 is 4.74 Å². The molecule has 3 aromatic rings. The molecule has 0 saturated carbocycles. The minimum Gasteiger partial charge on any atom is -0.456 e. The first kappa shape index (κ1) is 17.4. The quantitative estimate of drug-likeness (QED) is 0.411. The third kappa shape index (κ3) is 2.74. The van der Waals surface area contributed by atoms with Crippen molar-refractivity contribution < 1.29 is 14.3 Å². The molecule has 0 spiro atoms. The number of hydrogen-bond donors (Lipinski definition) is 0. The zero-order valence-electron chi connectivity index (χ0n) is 16.2. The van der Waals surface area contributed by atoms with Crippen LogP contribution in [0.5, 0.6) is 5.75 Å². The Hall–Kier alpha value is -3.72. The van der Waals surface area contributed by atoms with Crippen LogP contribution in [0.25, 0.3) is 11.3 Å². The first-order chi connectivity index (χ1) is 14.0. The normalized spacial score (nSPS) is 15.0. The van der Waals surface area contributed by atoms with E-state index in [9.17, 15) is 9.59 Å². The van der Waals surface area contributed by atoms with E-state index in [1.807, 2.05) is 62.4 Å². The number of carbonyl (C=O) groups is 2. The third-order valence-electron chi connectivity index (χ3n) is 5.40. The van der Waals surface area contributed by atoms with E-state index < -0.39 is 0 Å². The van der Waals surface area contributed by atoms with Crippen molar-refractivity contribution >= 4 is 22.9 Å². The molecule has 0 fully saturated rings. The second-order valence-corrected chi connectivity index (χ2v) is 7.47. The topological polar surface area (TPSA) is 43.4 Å². The molecule has 0 bridgehead atoms. The van der Waals surface area contributed by atoms with Gasteiger partial charge in [-0.3, -0.25) is 9.59 Å². The van der Waals surface area contributed by atoms with Crippen LogP contribution in [-0.2, 0) is 0 Å². The number of Topliss-reactive ketones (excluding diaryl/α,β-unsaturated/α-hetero) is 2. The van der Waals surface area contributed by atoms with Gasteiger partial charge in [-0.15, -0.1) is 0 Å². The Morgan fingerprint density at radius 1 is 0.690 bits per heavy atom. The summed E-state index contributed by atoms with van der Waals surface area (Å²) in [4.78, 5) is 26.3. The molecular weight excluding hydrogens is 360 g/mol. The van der Waals surface area contributed by atoms with Gasteiger partial charge in [0.05, 0.1) is 5.57 Å². The highest BCUT2D eigenvalue weighted by Gasteiger charge is 2.36. The highest BCUT2D eigenvalue weighted by Crippen LogP contribution is 2.42. The van der Waals surface area contributed by atoms with E-state index in [4.69, 9.17) is 4.74 Å². The van der Waals surface area contributed by atoms with Crippen molar-refractivity contribution in [2.45, 2.75) is 13.8 Å². The van der Waals surface area contributed by atoms with Crippen molar-refractivity contribution in [1.82, 2.24) is 0 Å². The molecule has 2 aliphatic rings. The Bertz CT molecular complexity index is 1220. The van der Waals surface area contributed by atoms with Gasteiger partial charge in [0.15, 0.2) is 11.6 Å². The number of benzene rings is 3. The number of ketones is 2. The number of aryl methyl sites for hydroxylation is 2. The second-order valence-electron chi connectivity index (χ2n) is 7.47. The lowest BCUT2D eigenvalue weighted by Gasteiger charge is -2.22. The monoisotopic (exact) mass is 378 g/mol. The predicted octanol–water partition coefficient (Wildman–Crippen LogP) is 5.57. The van der Waals surface area contributed by atoms with Gasteiger partial charge in [0.25, 0.3) is 0 Å². The molecule has 3 nitrogen and oxygen atoms in total. The fourth-order valence-corrected chi connectivity index (χ4v) is 3.86. The summed E-state index contributed by atoms with van der Waals surface area (Å²) in [6.45, 7) is 4.01. The van der Waals surface area contributed by atoms with Crippen LogP contribution in [0.3, 0.4) is 0 Å². The van der Waals surface area contributed by atoms with Crippen LogP contribution in [-0.4, -0.2) is 11.6 Å². The Labute approximate surface area is 169 Å². The van der Waals surface area contributed by atoms with Crippen LogP contribution < -0.4 is 4.74 Å². The molecule has 3 heteroatoms. The van der Waals surface area contributed by atoms with Crippen LogP contribution in [0.15, 0.2) is 78.4 Å². The Kier molecular flexibility index (Phi) is 3.85. The van der Waals surface area contributed by atoms with Crippen molar-refractivity contribution in [1.29, 1.82) is 0 Å². The number of ether oxygens (including phenoxy) is 1. The van der Waals surface area contributed by atoms with Crippen molar-refractivity contribution in [3.63, 3.8) is 0 Å². The smallest absolute Gasteiger partial charge is 0.198 e. The highest BCUT2D eigenvalue weighted by molar-refractivity contribution is 6.43. The van der Waals surface area contributed by atoms with E-state index in [0.717, 1.165) is 22.3 Å². The molecule has 1 aliphatic heterocycles. The molecule has 0 atom stereocenters. The number of allylic oxidation sites excluding steroid dienone is 3. The summed E-state index contributed by atoms with van der Waals surface area (Å²) in [5.41, 5.74) is 5.62. The minimum atomic E-state index is -0.227. The van der Waals surface area contributed by atoms with Gasteiger partial charge >= 0.3 is 0 Å². The number of hydrogen-bond acceptors (Lipinski definition) is 3. The minimum absolute atomic E-state index is 0.214. The van der Waals surface area contributed by atoms with Crippen LogP contribution in [0.2, 0.25) is 0 Å². The summed E-state index contributed by atoms with van der Waals surface area (Å²) in [5, 5.41) is 0. The summed E-state index contributed by atoms with van der Waals surface area (Å²) < 4.78 is 6.15. The van der Waals surface area contributed by atoms with Gasteiger partial charge in [-0.25, -0.2) is 0 Å². The van der Waals surface area contributed by atoms with Crippen LogP contribution in [0.1, 0.15) is 43.0 Å². The molecule has 0 unspecified atom stereocenters. The summed E-state index contributed by atoms with van der Waals surface area (Å²) >= 11 is 0. The van der Waals surface area contributed by atoms with Crippen LogP contribution in [0, 0.1) is 13.8 Å². The van der Waals surface area contributed by atoms with E-state index in [-0.39, 0.29) is 17.1 Å². The van der Waals surface area contributed by atoms with E-state index in [1.165, 1.54) is 0 Å². The third-order valence-corrected chi connectivity index (χ3v) is 5.40. The van der Waals surface area contributed by atoms with Crippen molar-refractivity contribution in [2.24, 2.45) is 0 Å². The SMILES string of the molecule is Cc1ccc(C2=CC(=C3C(=O)c4ccccc4C3=O)c3cc(C)ccc3O2)cc1. The lowest BCUT2D eigenvalue weighted by Crippen LogP contribution is -2.10. The maximum absolute atomic E-state index is 13.1.